The van der Waals surface area contributed by atoms with Crippen LogP contribution in [-0.2, 0) is 14.3 Å². The second-order valence-electron chi connectivity index (χ2n) is 28.8. The molecule has 442 valence electrons. The molecular formula is C74H85N5O6. The fourth-order valence-electron chi connectivity index (χ4n) is 13.7. The van der Waals surface area contributed by atoms with Gasteiger partial charge < -0.3 is 25.1 Å². The van der Waals surface area contributed by atoms with Crippen molar-refractivity contribution in [3.63, 3.8) is 0 Å². The van der Waals surface area contributed by atoms with Gasteiger partial charge in [-0.1, -0.05) is 206 Å². The van der Waals surface area contributed by atoms with Gasteiger partial charge in [0.1, 0.15) is 35.0 Å². The molecule has 4 unspecified atom stereocenters. The number of benzene rings is 6. The Balaban J connectivity index is 1.25. The van der Waals surface area contributed by atoms with Crippen LogP contribution in [-0.4, -0.2) is 52.6 Å². The van der Waals surface area contributed by atoms with Crippen LogP contribution in [0.5, 0.6) is 0 Å². The molecule has 7 aromatic rings. The number of ether oxygens (including phenoxy) is 2. The molecule has 1 aliphatic heterocycles. The van der Waals surface area contributed by atoms with Crippen molar-refractivity contribution in [1.29, 1.82) is 0 Å². The molecule has 11 heteroatoms. The van der Waals surface area contributed by atoms with Gasteiger partial charge in [-0.05, 0) is 128 Å². The van der Waals surface area contributed by atoms with Crippen molar-refractivity contribution in [3.05, 3.63) is 173 Å². The van der Waals surface area contributed by atoms with Crippen LogP contribution in [0.1, 0.15) is 159 Å². The highest BCUT2D eigenvalue weighted by Gasteiger charge is 2.51. The summed E-state index contributed by atoms with van der Waals surface area (Å²) in [6.45, 7) is 31.2. The molecule has 2 heterocycles. The van der Waals surface area contributed by atoms with E-state index in [2.05, 4.69) is 113 Å². The largest absolute Gasteiger partial charge is 0.458 e. The smallest absolute Gasteiger partial charge is 0.343 e. The number of amides is 2. The summed E-state index contributed by atoms with van der Waals surface area (Å²) in [4.78, 5) is 75.5. The van der Waals surface area contributed by atoms with E-state index in [4.69, 9.17) is 19.5 Å². The standard InChI is InChI=1S/C74H85N5O6/c1-43-37-53(71(3,4)5)61(54(38-43)72(6,7)8)84-69(82)59-57(51-35-33-45-25-21-23-31-49(45)41-51)63(76-65(59)78-67(80)47-27-17-15-18-28-47)75-64-58(52-36-34-46-26-22-24-32-50(46)42-52)60(66(77-64)79-68(81)48-29-19-16-20-30-48)70(83)85-62-55(73(9,10)11)39-44(2)40-56(62)74(12,13)14/h15-36,41-44,53-56,61-62,76H,37-40H2,1-14H3,(H,78,80)(H,75,77,79,81). The minimum Gasteiger partial charge on any atom is -0.458 e. The van der Waals surface area contributed by atoms with Crippen molar-refractivity contribution in [3.8, 4) is 11.1 Å². The number of aromatic amines is 1. The fraction of sp³-hybridized carbons (Fsp3) is 0.405. The van der Waals surface area contributed by atoms with Crippen LogP contribution < -0.4 is 10.6 Å². The summed E-state index contributed by atoms with van der Waals surface area (Å²) in [5.74, 6) is -1.12. The number of carbonyl (C=O) groups is 4. The molecule has 6 aromatic carbocycles. The van der Waals surface area contributed by atoms with Crippen LogP contribution in [0.2, 0.25) is 0 Å². The van der Waals surface area contributed by atoms with E-state index in [-0.39, 0.29) is 79.8 Å². The van der Waals surface area contributed by atoms with Gasteiger partial charge in [0, 0.05) is 45.9 Å². The van der Waals surface area contributed by atoms with Crippen molar-refractivity contribution in [2.24, 2.45) is 67.2 Å². The molecule has 0 saturated heterocycles. The zero-order chi connectivity index (χ0) is 60.9. The molecule has 3 N–H and O–H groups in total. The molecule has 10 rings (SSSR count). The third-order valence-electron chi connectivity index (χ3n) is 18.3. The highest BCUT2D eigenvalue weighted by atomic mass is 16.5. The maximum absolute atomic E-state index is 16.1. The van der Waals surface area contributed by atoms with Gasteiger partial charge >= 0.3 is 11.9 Å². The van der Waals surface area contributed by atoms with E-state index in [1.165, 1.54) is 0 Å². The predicted octanol–water partition coefficient (Wildman–Crippen LogP) is 17.5. The fourth-order valence-corrected chi connectivity index (χ4v) is 13.7. The number of H-pyrrole nitrogens is 1. The molecule has 0 bridgehead atoms. The molecule has 0 radical (unpaired) electrons. The average Bonchev–Trinajstić information content (AvgIpc) is 2.13. The SMILES string of the molecule is CC1CC(C(C)(C)C)C(OC(=O)C2=C(c3ccc4ccccc4c3)C(=Nc3[nH]c(NC(=O)c4ccccc4)c(C(=O)OC4C(C(C)(C)C)CC(C)CC4C(C)(C)C)c3-c3ccc4ccccc4c3)N=C2NC(=O)c2ccccc2)C(C(C)(C)C)C1. The second-order valence-corrected chi connectivity index (χ2v) is 28.8. The lowest BCUT2D eigenvalue weighted by Crippen LogP contribution is -2.50. The highest BCUT2D eigenvalue weighted by Crippen LogP contribution is 2.53. The van der Waals surface area contributed by atoms with E-state index in [9.17, 15) is 9.59 Å². The van der Waals surface area contributed by atoms with Crippen molar-refractivity contribution >= 4 is 74.2 Å². The van der Waals surface area contributed by atoms with E-state index < -0.39 is 36.0 Å². The lowest BCUT2D eigenvalue weighted by molar-refractivity contribution is -0.164. The molecule has 2 aliphatic carbocycles. The number of aliphatic imine (C=N–C) groups is 2. The lowest BCUT2D eigenvalue weighted by Gasteiger charge is -2.50. The molecule has 2 saturated carbocycles. The van der Waals surface area contributed by atoms with E-state index >= 15 is 9.59 Å². The summed E-state index contributed by atoms with van der Waals surface area (Å²) in [7, 11) is 0. The van der Waals surface area contributed by atoms with Gasteiger partial charge in [0.2, 0.25) is 0 Å². The maximum Gasteiger partial charge on any atom is 0.343 e. The van der Waals surface area contributed by atoms with Gasteiger partial charge in [-0.25, -0.2) is 19.6 Å². The molecule has 0 spiro atoms. The molecule has 11 nitrogen and oxygen atoms in total. The number of amidine groups is 2. The Morgan fingerprint density at radius 1 is 0.494 bits per heavy atom. The molecule has 4 atom stereocenters. The third-order valence-corrected chi connectivity index (χ3v) is 18.3. The van der Waals surface area contributed by atoms with Crippen molar-refractivity contribution in [2.45, 2.75) is 135 Å². The van der Waals surface area contributed by atoms with E-state index in [0.717, 1.165) is 47.2 Å². The monoisotopic (exact) mass is 1140 g/mol. The Bertz CT molecular complexity index is 3720. The first-order chi connectivity index (χ1) is 40.1. The summed E-state index contributed by atoms with van der Waals surface area (Å²) in [5, 5.41) is 9.93. The Morgan fingerprint density at radius 2 is 0.894 bits per heavy atom. The molecule has 85 heavy (non-hydrogen) atoms. The summed E-state index contributed by atoms with van der Waals surface area (Å²) in [6, 6.07) is 45.5. The predicted molar refractivity (Wildman–Crippen MR) is 345 cm³/mol. The first-order valence-electron chi connectivity index (χ1n) is 30.5. The van der Waals surface area contributed by atoms with Crippen LogP contribution >= 0.6 is 0 Å². The Morgan fingerprint density at radius 3 is 1.35 bits per heavy atom. The maximum atomic E-state index is 16.1. The number of nitrogens with zero attached hydrogens (tertiary/aromatic N) is 2. The van der Waals surface area contributed by atoms with Gasteiger partial charge in [0.05, 0.1) is 0 Å². The van der Waals surface area contributed by atoms with Gasteiger partial charge in [-0.2, -0.15) is 0 Å². The molecule has 1 aromatic heterocycles. The topological polar surface area (TPSA) is 151 Å². The van der Waals surface area contributed by atoms with Gasteiger partial charge in [-0.15, -0.1) is 0 Å². The van der Waals surface area contributed by atoms with Crippen LogP contribution in [0.3, 0.4) is 0 Å². The number of esters is 2. The molecule has 3 aliphatic rings. The highest BCUT2D eigenvalue weighted by molar-refractivity contribution is 6.45. The summed E-state index contributed by atoms with van der Waals surface area (Å²) in [6.07, 6.45) is 2.52. The Labute approximate surface area is 502 Å². The van der Waals surface area contributed by atoms with Crippen LogP contribution in [0, 0.1) is 57.2 Å². The quantitative estimate of drug-likeness (QED) is 0.116. The van der Waals surface area contributed by atoms with Crippen molar-refractivity contribution in [2.75, 3.05) is 5.32 Å². The van der Waals surface area contributed by atoms with Crippen LogP contribution in [0.4, 0.5) is 11.6 Å². The zero-order valence-corrected chi connectivity index (χ0v) is 52.1. The van der Waals surface area contributed by atoms with Crippen LogP contribution in [0.25, 0.3) is 38.2 Å². The number of hydrogen-bond acceptors (Lipinski definition) is 7. The molecule has 2 amide bonds. The number of nitrogens with one attached hydrogen (secondary N) is 3. The number of anilines is 1. The molecule has 2 fully saturated rings. The summed E-state index contributed by atoms with van der Waals surface area (Å²) in [5.41, 5.74) is 1.84. The van der Waals surface area contributed by atoms with E-state index in [0.29, 0.717) is 45.2 Å². The van der Waals surface area contributed by atoms with Gasteiger partial charge in [0.15, 0.2) is 11.7 Å². The first-order valence-corrected chi connectivity index (χ1v) is 30.5. The number of rotatable bonds is 10. The van der Waals surface area contributed by atoms with E-state index in [1.807, 2.05) is 97.1 Å². The van der Waals surface area contributed by atoms with Crippen LogP contribution in [0.15, 0.2) is 161 Å². The second kappa shape index (κ2) is 23.5. The van der Waals surface area contributed by atoms with E-state index in [1.54, 1.807) is 48.5 Å². The van der Waals surface area contributed by atoms with Gasteiger partial charge in [0.25, 0.3) is 11.8 Å². The normalized spacial score (nSPS) is 22.8. The first kappa shape index (κ1) is 60.2. The number of carbonyl (C=O) groups excluding carboxylic acids is 4. The lowest BCUT2D eigenvalue weighted by atomic mass is 9.59. The minimum absolute atomic E-state index is 0.00322. The third kappa shape index (κ3) is 12.9. The number of hydrogen-bond donors (Lipinski definition) is 3. The van der Waals surface area contributed by atoms with Crippen molar-refractivity contribution < 1.29 is 28.7 Å². The summed E-state index contributed by atoms with van der Waals surface area (Å²) >= 11 is 0. The average molecular weight is 1140 g/mol. The molecular weight excluding hydrogens is 1050 g/mol. The number of fused-ring (bicyclic) bond motifs is 2. The van der Waals surface area contributed by atoms with Gasteiger partial charge in [-0.3, -0.25) is 9.59 Å². The Kier molecular flexibility index (Phi) is 16.6. The van der Waals surface area contributed by atoms with Crippen molar-refractivity contribution in [1.82, 2.24) is 10.3 Å². The number of aromatic nitrogens is 1. The zero-order valence-electron chi connectivity index (χ0n) is 52.1. The Hall–Kier alpha value is -7.92. The summed E-state index contributed by atoms with van der Waals surface area (Å²) < 4.78 is 14.2. The minimum atomic E-state index is -0.645.